The Morgan fingerprint density at radius 1 is 1.06 bits per heavy atom. The second kappa shape index (κ2) is 9.48. The van der Waals surface area contributed by atoms with Crippen molar-refractivity contribution in [2.45, 2.75) is 25.7 Å². The van der Waals surface area contributed by atoms with Gasteiger partial charge in [-0.25, -0.2) is 22.8 Å². The van der Waals surface area contributed by atoms with Crippen molar-refractivity contribution in [2.24, 2.45) is 0 Å². The molecule has 34 heavy (non-hydrogen) atoms. The molecule has 0 amide bonds. The van der Waals surface area contributed by atoms with Crippen molar-refractivity contribution < 1.29 is 22.3 Å². The SMILES string of the molecule is CCOc1ccc(S(=O)(=O)Nc2ccc(Oc3cc(-n4ccnc4C)nc(C)n3)cc2)cc1F. The number of hydrogen-bond donors (Lipinski definition) is 1. The average molecular weight is 484 g/mol. The normalized spacial score (nSPS) is 11.3. The summed E-state index contributed by atoms with van der Waals surface area (Å²) < 4.78 is 54.5. The van der Waals surface area contributed by atoms with Crippen LogP contribution in [0.25, 0.3) is 5.82 Å². The predicted octanol–water partition coefficient (Wildman–Crippen LogP) is 4.41. The largest absolute Gasteiger partial charge is 0.491 e. The molecule has 2 aromatic carbocycles. The topological polar surface area (TPSA) is 108 Å². The smallest absolute Gasteiger partial charge is 0.262 e. The van der Waals surface area contributed by atoms with Gasteiger partial charge in [0.05, 0.1) is 11.5 Å². The van der Waals surface area contributed by atoms with Crippen LogP contribution in [0.4, 0.5) is 10.1 Å². The summed E-state index contributed by atoms with van der Waals surface area (Å²) in [5.41, 5.74) is 0.287. The summed E-state index contributed by atoms with van der Waals surface area (Å²) >= 11 is 0. The number of anilines is 1. The zero-order chi connectivity index (χ0) is 24.3. The van der Waals surface area contributed by atoms with Gasteiger partial charge in [0.15, 0.2) is 11.6 Å². The second-order valence-electron chi connectivity index (χ2n) is 7.21. The molecule has 0 saturated carbocycles. The van der Waals surface area contributed by atoms with E-state index in [2.05, 4.69) is 19.7 Å². The first-order valence-electron chi connectivity index (χ1n) is 10.3. The maximum atomic E-state index is 14.1. The number of nitrogens with one attached hydrogen (secondary N) is 1. The Morgan fingerprint density at radius 3 is 2.47 bits per heavy atom. The number of nitrogens with zero attached hydrogens (tertiary/aromatic N) is 4. The molecule has 4 rings (SSSR count). The highest BCUT2D eigenvalue weighted by molar-refractivity contribution is 7.92. The van der Waals surface area contributed by atoms with E-state index in [9.17, 15) is 12.8 Å². The highest BCUT2D eigenvalue weighted by Gasteiger charge is 2.17. The fourth-order valence-electron chi connectivity index (χ4n) is 3.17. The van der Waals surface area contributed by atoms with Crippen LogP contribution in [0, 0.1) is 19.7 Å². The van der Waals surface area contributed by atoms with Crippen LogP contribution >= 0.6 is 0 Å². The monoisotopic (exact) mass is 483 g/mol. The molecule has 0 bridgehead atoms. The van der Waals surface area contributed by atoms with Crippen molar-refractivity contribution in [1.82, 2.24) is 19.5 Å². The maximum Gasteiger partial charge on any atom is 0.262 e. The Kier molecular flexibility index (Phi) is 6.46. The molecule has 0 aliphatic heterocycles. The zero-order valence-corrected chi connectivity index (χ0v) is 19.5. The highest BCUT2D eigenvalue weighted by Crippen LogP contribution is 2.26. The molecular formula is C23H22FN5O4S. The van der Waals surface area contributed by atoms with Crippen LogP contribution in [0.3, 0.4) is 0 Å². The molecule has 0 aliphatic rings. The number of imidazole rings is 1. The van der Waals surface area contributed by atoms with Gasteiger partial charge in [0.2, 0.25) is 5.88 Å². The molecule has 0 spiro atoms. The molecule has 0 unspecified atom stereocenters. The Balaban J connectivity index is 1.49. The minimum atomic E-state index is -4.00. The Morgan fingerprint density at radius 2 is 1.82 bits per heavy atom. The summed E-state index contributed by atoms with van der Waals surface area (Å²) in [6.07, 6.45) is 3.47. The molecule has 2 aromatic heterocycles. The van der Waals surface area contributed by atoms with Gasteiger partial charge in [-0.1, -0.05) is 0 Å². The Labute approximate surface area is 196 Å². The van der Waals surface area contributed by atoms with E-state index in [1.807, 2.05) is 11.5 Å². The fraction of sp³-hybridized carbons (Fsp3) is 0.174. The first-order valence-corrected chi connectivity index (χ1v) is 11.8. The van der Waals surface area contributed by atoms with Gasteiger partial charge in [0.25, 0.3) is 10.0 Å². The molecule has 0 aliphatic carbocycles. The first kappa shape index (κ1) is 23.2. The fourth-order valence-corrected chi connectivity index (χ4v) is 4.24. The first-order chi connectivity index (χ1) is 16.2. The molecular weight excluding hydrogens is 461 g/mol. The van der Waals surface area contributed by atoms with E-state index in [1.165, 1.54) is 24.3 Å². The maximum absolute atomic E-state index is 14.1. The molecule has 9 nitrogen and oxygen atoms in total. The molecule has 0 atom stereocenters. The lowest BCUT2D eigenvalue weighted by Crippen LogP contribution is -2.13. The molecule has 0 saturated heterocycles. The number of hydrogen-bond acceptors (Lipinski definition) is 7. The van der Waals surface area contributed by atoms with Crippen LogP contribution in [0.15, 0.2) is 65.8 Å². The lowest BCUT2D eigenvalue weighted by Gasteiger charge is -2.11. The number of benzene rings is 2. The third-order valence-corrected chi connectivity index (χ3v) is 6.09. The summed E-state index contributed by atoms with van der Waals surface area (Å²) in [4.78, 5) is 12.7. The van der Waals surface area contributed by atoms with Crippen molar-refractivity contribution in [3.8, 4) is 23.2 Å². The van der Waals surface area contributed by atoms with E-state index < -0.39 is 15.8 Å². The summed E-state index contributed by atoms with van der Waals surface area (Å²) in [7, 11) is -4.00. The van der Waals surface area contributed by atoms with E-state index in [0.29, 0.717) is 23.3 Å². The number of sulfonamides is 1. The van der Waals surface area contributed by atoms with E-state index >= 15 is 0 Å². The van der Waals surface area contributed by atoms with E-state index in [0.717, 1.165) is 11.9 Å². The van der Waals surface area contributed by atoms with Gasteiger partial charge in [-0.15, -0.1) is 0 Å². The Bertz CT molecular complexity index is 1420. The van der Waals surface area contributed by atoms with Gasteiger partial charge < -0.3 is 9.47 Å². The second-order valence-corrected chi connectivity index (χ2v) is 8.90. The van der Waals surface area contributed by atoms with Crippen LogP contribution in [-0.4, -0.2) is 34.5 Å². The summed E-state index contributed by atoms with van der Waals surface area (Å²) in [5.74, 6) is 1.92. The number of halogens is 1. The van der Waals surface area contributed by atoms with Crippen molar-refractivity contribution in [3.63, 3.8) is 0 Å². The number of aromatic nitrogens is 4. The van der Waals surface area contributed by atoms with Crippen molar-refractivity contribution >= 4 is 15.7 Å². The third kappa shape index (κ3) is 5.15. The molecule has 0 radical (unpaired) electrons. The third-order valence-electron chi connectivity index (χ3n) is 4.72. The average Bonchev–Trinajstić information content (AvgIpc) is 3.22. The summed E-state index contributed by atoms with van der Waals surface area (Å²) in [5, 5.41) is 0. The van der Waals surface area contributed by atoms with Crippen molar-refractivity contribution in [3.05, 3.63) is 78.4 Å². The standard InChI is InChI=1S/C23H22FN5O4S/c1-4-32-21-10-9-19(13-20(21)24)34(30,31)28-17-5-7-18(8-6-17)33-23-14-22(26-15(2)27-23)29-12-11-25-16(29)3/h5-14,28H,4H2,1-3H3. The highest BCUT2D eigenvalue weighted by atomic mass is 32.2. The van der Waals surface area contributed by atoms with Gasteiger partial charge in [-0.2, -0.15) is 4.98 Å². The van der Waals surface area contributed by atoms with Crippen LogP contribution in [-0.2, 0) is 10.0 Å². The van der Waals surface area contributed by atoms with E-state index in [4.69, 9.17) is 9.47 Å². The van der Waals surface area contributed by atoms with Gasteiger partial charge in [-0.05, 0) is 63.2 Å². The lowest BCUT2D eigenvalue weighted by atomic mass is 10.3. The molecule has 11 heteroatoms. The number of aryl methyl sites for hydroxylation is 2. The molecule has 176 valence electrons. The van der Waals surface area contributed by atoms with Gasteiger partial charge in [0.1, 0.15) is 23.2 Å². The van der Waals surface area contributed by atoms with Gasteiger partial charge in [0, 0.05) is 24.1 Å². The number of rotatable bonds is 8. The van der Waals surface area contributed by atoms with E-state index in [-0.39, 0.29) is 22.9 Å². The lowest BCUT2D eigenvalue weighted by molar-refractivity contribution is 0.321. The van der Waals surface area contributed by atoms with Gasteiger partial charge in [-0.3, -0.25) is 9.29 Å². The summed E-state index contributed by atoms with van der Waals surface area (Å²) in [6, 6.07) is 11.4. The predicted molar refractivity (Wildman–Crippen MR) is 124 cm³/mol. The van der Waals surface area contributed by atoms with Crippen LogP contribution in [0.5, 0.6) is 17.4 Å². The molecule has 1 N–H and O–H groups in total. The van der Waals surface area contributed by atoms with Crippen LogP contribution in [0.1, 0.15) is 18.6 Å². The quantitative estimate of drug-likeness (QED) is 0.395. The van der Waals surface area contributed by atoms with Gasteiger partial charge >= 0.3 is 0 Å². The van der Waals surface area contributed by atoms with Crippen molar-refractivity contribution in [2.75, 3.05) is 11.3 Å². The van der Waals surface area contributed by atoms with Crippen molar-refractivity contribution in [1.29, 1.82) is 0 Å². The van der Waals surface area contributed by atoms with Crippen LogP contribution in [0.2, 0.25) is 0 Å². The molecule has 0 fully saturated rings. The number of ether oxygens (including phenoxy) is 2. The Hall–Kier alpha value is -3.99. The molecule has 2 heterocycles. The minimum Gasteiger partial charge on any atom is -0.491 e. The zero-order valence-electron chi connectivity index (χ0n) is 18.7. The summed E-state index contributed by atoms with van der Waals surface area (Å²) in [6.45, 7) is 5.60. The molecule has 4 aromatic rings. The minimum absolute atomic E-state index is 0.00531. The van der Waals surface area contributed by atoms with Crippen LogP contribution < -0.4 is 14.2 Å². The van der Waals surface area contributed by atoms with E-state index in [1.54, 1.807) is 44.4 Å².